The molecule has 1 aliphatic heterocycles. The lowest BCUT2D eigenvalue weighted by Crippen LogP contribution is -2.11. The molecule has 2 heteroatoms. The van der Waals surface area contributed by atoms with E-state index in [4.69, 9.17) is 9.47 Å². The van der Waals surface area contributed by atoms with Crippen molar-refractivity contribution in [2.45, 2.75) is 13.3 Å². The average molecular weight is 252 g/mol. The molecule has 0 spiro atoms. The van der Waals surface area contributed by atoms with E-state index in [9.17, 15) is 0 Å². The summed E-state index contributed by atoms with van der Waals surface area (Å²) in [5.41, 5.74) is 3.42. The molecule has 1 heterocycles. The second-order valence-corrected chi connectivity index (χ2v) is 4.42. The highest BCUT2D eigenvalue weighted by atomic mass is 16.7. The Morgan fingerprint density at radius 2 is 1.42 bits per heavy atom. The summed E-state index contributed by atoms with van der Waals surface area (Å²) < 4.78 is 11.4. The molecule has 1 aliphatic rings. The Labute approximate surface area is 113 Å². The Morgan fingerprint density at radius 1 is 0.895 bits per heavy atom. The molecule has 0 fully saturated rings. The summed E-state index contributed by atoms with van der Waals surface area (Å²) in [6.07, 6.45) is 3.19. The lowest BCUT2D eigenvalue weighted by atomic mass is 9.95. The van der Waals surface area contributed by atoms with E-state index in [0.29, 0.717) is 0 Å². The molecular weight excluding hydrogens is 236 g/mol. The predicted molar refractivity (Wildman–Crippen MR) is 76.4 cm³/mol. The van der Waals surface area contributed by atoms with Crippen LogP contribution >= 0.6 is 0 Å². The quantitative estimate of drug-likeness (QED) is 0.755. The van der Waals surface area contributed by atoms with E-state index < -0.39 is 0 Å². The summed E-state index contributed by atoms with van der Waals surface area (Å²) in [6, 6.07) is 16.2. The zero-order valence-electron chi connectivity index (χ0n) is 10.9. The monoisotopic (exact) mass is 252 g/mol. The largest absolute Gasteiger partial charge is 0.457 e. The van der Waals surface area contributed by atoms with Crippen molar-refractivity contribution in [2.24, 2.45) is 0 Å². The van der Waals surface area contributed by atoms with Gasteiger partial charge >= 0.3 is 0 Å². The van der Waals surface area contributed by atoms with Crippen LogP contribution in [0, 0.1) is 0 Å². The summed E-state index contributed by atoms with van der Waals surface area (Å²) in [5.74, 6) is 1.74. The highest BCUT2D eigenvalue weighted by molar-refractivity contribution is 5.85. The molecule has 0 radical (unpaired) electrons. The van der Waals surface area contributed by atoms with E-state index >= 15 is 0 Å². The van der Waals surface area contributed by atoms with Gasteiger partial charge in [-0.05, 0) is 24.1 Å². The number of hydrogen-bond donors (Lipinski definition) is 0. The van der Waals surface area contributed by atoms with Gasteiger partial charge in [0.2, 0.25) is 6.79 Å². The van der Waals surface area contributed by atoms with Crippen LogP contribution in [0.25, 0.3) is 5.57 Å². The topological polar surface area (TPSA) is 18.5 Å². The molecular formula is C17H16O2. The van der Waals surface area contributed by atoms with Crippen LogP contribution in [0.4, 0.5) is 0 Å². The Kier molecular flexibility index (Phi) is 3.23. The van der Waals surface area contributed by atoms with Crippen molar-refractivity contribution in [1.29, 1.82) is 0 Å². The zero-order valence-corrected chi connectivity index (χ0v) is 10.9. The second kappa shape index (κ2) is 5.19. The summed E-state index contributed by atoms with van der Waals surface area (Å²) >= 11 is 0. The van der Waals surface area contributed by atoms with Crippen molar-refractivity contribution in [3.05, 3.63) is 65.7 Å². The fourth-order valence-electron chi connectivity index (χ4n) is 2.36. The van der Waals surface area contributed by atoms with Crippen LogP contribution in [-0.2, 0) is 0 Å². The number of rotatable bonds is 1. The number of allylic oxidation sites excluding steroid dienone is 1. The van der Waals surface area contributed by atoms with Crippen LogP contribution < -0.4 is 9.47 Å². The fourth-order valence-corrected chi connectivity index (χ4v) is 2.36. The molecule has 0 N–H and O–H groups in total. The lowest BCUT2D eigenvalue weighted by Gasteiger charge is -2.21. The van der Waals surface area contributed by atoms with Crippen LogP contribution in [0.5, 0.6) is 11.5 Å². The van der Waals surface area contributed by atoms with E-state index in [0.717, 1.165) is 29.0 Å². The zero-order chi connectivity index (χ0) is 13.1. The highest BCUT2D eigenvalue weighted by Gasteiger charge is 2.17. The van der Waals surface area contributed by atoms with E-state index in [2.05, 4.69) is 25.1 Å². The molecule has 0 saturated carbocycles. The molecule has 0 amide bonds. The van der Waals surface area contributed by atoms with Crippen LogP contribution in [0.15, 0.2) is 54.6 Å². The molecule has 0 aromatic heterocycles. The smallest absolute Gasteiger partial charge is 0.230 e. The molecule has 19 heavy (non-hydrogen) atoms. The van der Waals surface area contributed by atoms with Gasteiger partial charge in [0.15, 0.2) is 0 Å². The predicted octanol–water partition coefficient (Wildman–Crippen LogP) is 4.26. The Morgan fingerprint density at radius 3 is 1.95 bits per heavy atom. The molecule has 2 aromatic rings. The van der Waals surface area contributed by atoms with Gasteiger partial charge < -0.3 is 9.47 Å². The van der Waals surface area contributed by atoms with Gasteiger partial charge in [0, 0.05) is 11.1 Å². The minimum Gasteiger partial charge on any atom is -0.457 e. The van der Waals surface area contributed by atoms with Gasteiger partial charge in [-0.25, -0.2) is 0 Å². The van der Waals surface area contributed by atoms with Crippen LogP contribution in [0.2, 0.25) is 0 Å². The molecule has 0 aliphatic carbocycles. The van der Waals surface area contributed by atoms with Crippen LogP contribution in [-0.4, -0.2) is 6.79 Å². The summed E-state index contributed by atoms with van der Waals surface area (Å²) in [7, 11) is 0. The number of ether oxygens (including phenoxy) is 2. The van der Waals surface area contributed by atoms with Crippen molar-refractivity contribution >= 4 is 5.57 Å². The van der Waals surface area contributed by atoms with Crippen molar-refractivity contribution in [3.63, 3.8) is 0 Å². The number of para-hydroxylation sites is 2. The van der Waals surface area contributed by atoms with E-state index in [1.807, 2.05) is 36.4 Å². The molecule has 96 valence electrons. The van der Waals surface area contributed by atoms with Crippen LogP contribution in [0.3, 0.4) is 0 Å². The number of benzene rings is 2. The van der Waals surface area contributed by atoms with Gasteiger partial charge in [-0.15, -0.1) is 0 Å². The maximum Gasteiger partial charge on any atom is 0.230 e. The van der Waals surface area contributed by atoms with Gasteiger partial charge in [-0.3, -0.25) is 0 Å². The first-order chi connectivity index (χ1) is 9.40. The standard InChI is InChI=1S/C17H16O2/c1-2-7-13-14-8-3-5-10-16(14)18-12-19-17-11-6-4-9-15(13)17/h3-11H,2,12H2,1H3. The van der Waals surface area contributed by atoms with Gasteiger partial charge in [0.25, 0.3) is 0 Å². The third-order valence-electron chi connectivity index (χ3n) is 3.19. The van der Waals surface area contributed by atoms with Crippen LogP contribution in [0.1, 0.15) is 24.5 Å². The summed E-state index contributed by atoms with van der Waals surface area (Å²) in [5, 5.41) is 0. The normalized spacial score (nSPS) is 13.2. The Hall–Kier alpha value is -2.22. The number of fused-ring (bicyclic) bond motifs is 2. The molecule has 3 rings (SSSR count). The van der Waals surface area contributed by atoms with Crippen molar-refractivity contribution in [1.82, 2.24) is 0 Å². The molecule has 2 aromatic carbocycles. The van der Waals surface area contributed by atoms with E-state index in [-0.39, 0.29) is 6.79 Å². The van der Waals surface area contributed by atoms with Crippen molar-refractivity contribution < 1.29 is 9.47 Å². The van der Waals surface area contributed by atoms with Gasteiger partial charge in [0.1, 0.15) is 11.5 Å². The average Bonchev–Trinajstić information content (AvgIpc) is 2.44. The van der Waals surface area contributed by atoms with Crippen molar-refractivity contribution in [2.75, 3.05) is 6.79 Å². The molecule has 0 saturated heterocycles. The summed E-state index contributed by atoms with van der Waals surface area (Å²) in [6.45, 7) is 2.38. The maximum atomic E-state index is 5.70. The molecule has 2 nitrogen and oxygen atoms in total. The van der Waals surface area contributed by atoms with Gasteiger partial charge in [-0.1, -0.05) is 49.4 Å². The minimum absolute atomic E-state index is 0.243. The lowest BCUT2D eigenvalue weighted by molar-refractivity contribution is 0.118. The van der Waals surface area contributed by atoms with E-state index in [1.165, 1.54) is 5.57 Å². The summed E-state index contributed by atoms with van der Waals surface area (Å²) in [4.78, 5) is 0. The fraction of sp³-hybridized carbons (Fsp3) is 0.176. The third-order valence-corrected chi connectivity index (χ3v) is 3.19. The first-order valence-electron chi connectivity index (χ1n) is 6.54. The second-order valence-electron chi connectivity index (χ2n) is 4.42. The van der Waals surface area contributed by atoms with Crippen molar-refractivity contribution in [3.8, 4) is 11.5 Å². The first-order valence-corrected chi connectivity index (χ1v) is 6.54. The van der Waals surface area contributed by atoms with Gasteiger partial charge in [0.05, 0.1) is 0 Å². The highest BCUT2D eigenvalue weighted by Crippen LogP contribution is 2.37. The molecule has 0 atom stereocenters. The molecule has 0 bridgehead atoms. The maximum absolute atomic E-state index is 5.70. The Balaban J connectivity index is 2.23. The number of hydrogen-bond acceptors (Lipinski definition) is 2. The molecule has 0 unspecified atom stereocenters. The minimum atomic E-state index is 0.243. The Bertz CT molecular complexity index is 565. The van der Waals surface area contributed by atoms with E-state index in [1.54, 1.807) is 0 Å². The first kappa shape index (κ1) is 11.8. The third kappa shape index (κ3) is 2.22. The SMILES string of the molecule is CCC=C1c2ccccc2OCOc2ccccc21. The van der Waals surface area contributed by atoms with Gasteiger partial charge in [-0.2, -0.15) is 0 Å².